The van der Waals surface area contributed by atoms with Crippen LogP contribution in [-0.2, 0) is 4.79 Å². The summed E-state index contributed by atoms with van der Waals surface area (Å²) in [5, 5.41) is 7.67. The maximum atomic E-state index is 13.4. The van der Waals surface area contributed by atoms with Crippen molar-refractivity contribution in [2.75, 3.05) is 26.6 Å². The summed E-state index contributed by atoms with van der Waals surface area (Å²) in [5.41, 5.74) is 7.85. The minimum absolute atomic E-state index is 0.308. The largest absolute Gasteiger partial charge is 0.493 e. The number of aromatic nitrogens is 3. The van der Waals surface area contributed by atoms with E-state index in [0.29, 0.717) is 51.4 Å². The van der Waals surface area contributed by atoms with Gasteiger partial charge < -0.3 is 25.3 Å². The van der Waals surface area contributed by atoms with Crippen LogP contribution in [-0.4, -0.2) is 42.0 Å². The zero-order valence-corrected chi connectivity index (χ0v) is 18.0. The Morgan fingerprint density at radius 1 is 1.09 bits per heavy atom. The van der Waals surface area contributed by atoms with Crippen LogP contribution < -0.4 is 25.3 Å². The number of nitrogens with two attached hydrogens (primary N) is 1. The molecule has 0 fully saturated rings. The smallest absolute Gasteiger partial charge is 0.248 e. The minimum Gasteiger partial charge on any atom is -0.493 e. The average molecular weight is 439 g/mol. The van der Waals surface area contributed by atoms with Crippen molar-refractivity contribution in [2.24, 2.45) is 5.73 Å². The number of rotatable bonds is 6. The number of anilines is 1. The van der Waals surface area contributed by atoms with E-state index in [1.165, 1.54) is 33.5 Å². The van der Waals surface area contributed by atoms with Gasteiger partial charge in [-0.3, -0.25) is 4.79 Å². The topological polar surface area (TPSA) is 114 Å². The summed E-state index contributed by atoms with van der Waals surface area (Å²) in [6.07, 6.45) is 0. The number of carbonyl (C=O) groups is 1. The summed E-state index contributed by atoms with van der Waals surface area (Å²) in [5.74, 6) is 1.05. The van der Waals surface area contributed by atoms with Crippen LogP contribution in [0.1, 0.15) is 18.5 Å². The first kappa shape index (κ1) is 21.2. The number of nitrogens with zero attached hydrogens (tertiary/aromatic N) is 3. The van der Waals surface area contributed by atoms with Gasteiger partial charge in [-0.15, -0.1) is 5.10 Å². The summed E-state index contributed by atoms with van der Waals surface area (Å²) < 4.78 is 31.3. The molecule has 0 saturated heterocycles. The van der Waals surface area contributed by atoms with Crippen molar-refractivity contribution in [3.8, 4) is 28.6 Å². The van der Waals surface area contributed by atoms with E-state index in [2.05, 4.69) is 15.4 Å². The summed E-state index contributed by atoms with van der Waals surface area (Å²) in [6.45, 7) is 1.74. The van der Waals surface area contributed by atoms with Crippen molar-refractivity contribution in [1.29, 1.82) is 0 Å². The fraction of sp³-hybridized carbons (Fsp3) is 0.227. The van der Waals surface area contributed by atoms with Crippen LogP contribution in [0.25, 0.3) is 11.4 Å². The molecule has 0 bridgehead atoms. The molecule has 0 spiro atoms. The Kier molecular flexibility index (Phi) is 5.43. The molecule has 2 aromatic carbocycles. The summed E-state index contributed by atoms with van der Waals surface area (Å²) >= 11 is 0. The SMILES string of the molecule is COc1cc(C2C(C(N)=O)=C(C)Nc3nc(-c4ccc(F)cc4)nn32)cc(OC)c1OC. The number of benzene rings is 2. The molecule has 4 rings (SSSR count). The lowest BCUT2D eigenvalue weighted by Gasteiger charge is -2.28. The number of fused-ring (bicyclic) bond motifs is 1. The van der Waals surface area contributed by atoms with Crippen molar-refractivity contribution in [3.63, 3.8) is 0 Å². The molecule has 166 valence electrons. The monoisotopic (exact) mass is 439 g/mol. The van der Waals surface area contributed by atoms with Gasteiger partial charge in [0, 0.05) is 11.3 Å². The van der Waals surface area contributed by atoms with Gasteiger partial charge in [0.1, 0.15) is 11.9 Å². The fourth-order valence-corrected chi connectivity index (χ4v) is 3.76. The molecular formula is C22H22FN5O4. The highest BCUT2D eigenvalue weighted by Crippen LogP contribution is 2.43. The molecule has 2 heterocycles. The Hall–Kier alpha value is -4.08. The standard InChI is InChI=1S/C22H22FN5O4/c1-11-17(20(24)29)18(13-9-15(30-2)19(32-4)16(10-13)31-3)28-22(25-11)26-21(27-28)12-5-7-14(23)8-6-12/h5-10,18H,1-4H3,(H2,24,29)(H,25,26,27). The first-order valence-electron chi connectivity index (χ1n) is 9.67. The molecule has 1 atom stereocenters. The number of hydrogen-bond donors (Lipinski definition) is 2. The molecule has 0 aliphatic carbocycles. The number of amides is 1. The second-order valence-electron chi connectivity index (χ2n) is 7.10. The van der Waals surface area contributed by atoms with Crippen LogP contribution in [0.3, 0.4) is 0 Å². The number of carbonyl (C=O) groups excluding carboxylic acids is 1. The summed E-state index contributed by atoms with van der Waals surface area (Å²) in [4.78, 5) is 17.0. The van der Waals surface area contributed by atoms with Gasteiger partial charge in [0.2, 0.25) is 17.6 Å². The van der Waals surface area contributed by atoms with Crippen LogP contribution in [0.2, 0.25) is 0 Å². The molecule has 1 aliphatic rings. The van der Waals surface area contributed by atoms with Crippen LogP contribution in [0.4, 0.5) is 10.3 Å². The molecule has 1 aliphatic heterocycles. The maximum Gasteiger partial charge on any atom is 0.248 e. The fourth-order valence-electron chi connectivity index (χ4n) is 3.76. The molecular weight excluding hydrogens is 417 g/mol. The number of hydrogen-bond acceptors (Lipinski definition) is 7. The molecule has 1 unspecified atom stereocenters. The van der Waals surface area contributed by atoms with Crippen LogP contribution in [0, 0.1) is 5.82 Å². The van der Waals surface area contributed by atoms with Crippen molar-refractivity contribution in [3.05, 3.63) is 59.0 Å². The quantitative estimate of drug-likeness (QED) is 0.607. The van der Waals surface area contributed by atoms with Gasteiger partial charge >= 0.3 is 0 Å². The van der Waals surface area contributed by atoms with E-state index in [4.69, 9.17) is 19.9 Å². The van der Waals surface area contributed by atoms with Crippen LogP contribution >= 0.6 is 0 Å². The number of halogens is 1. The minimum atomic E-state index is -0.709. The predicted molar refractivity (Wildman–Crippen MR) is 115 cm³/mol. The second kappa shape index (κ2) is 8.22. The van der Waals surface area contributed by atoms with Gasteiger partial charge in [-0.05, 0) is 48.9 Å². The summed E-state index contributed by atoms with van der Waals surface area (Å²) in [7, 11) is 4.52. The third-order valence-corrected chi connectivity index (χ3v) is 5.22. The molecule has 0 saturated carbocycles. The van der Waals surface area contributed by atoms with E-state index in [9.17, 15) is 9.18 Å². The van der Waals surface area contributed by atoms with Gasteiger partial charge in [0.25, 0.3) is 0 Å². The number of ether oxygens (including phenoxy) is 3. The number of allylic oxidation sites excluding steroid dienone is 1. The van der Waals surface area contributed by atoms with Crippen molar-refractivity contribution >= 4 is 11.9 Å². The van der Waals surface area contributed by atoms with E-state index in [1.807, 2.05) is 0 Å². The van der Waals surface area contributed by atoms with Crippen molar-refractivity contribution < 1.29 is 23.4 Å². The lowest BCUT2D eigenvalue weighted by Crippen LogP contribution is -2.31. The van der Waals surface area contributed by atoms with Crippen LogP contribution in [0.5, 0.6) is 17.2 Å². The van der Waals surface area contributed by atoms with E-state index >= 15 is 0 Å². The van der Waals surface area contributed by atoms with Crippen molar-refractivity contribution in [2.45, 2.75) is 13.0 Å². The third kappa shape index (κ3) is 3.49. The molecule has 3 N–H and O–H groups in total. The molecule has 1 aromatic heterocycles. The van der Waals surface area contributed by atoms with E-state index < -0.39 is 11.9 Å². The van der Waals surface area contributed by atoms with E-state index in [-0.39, 0.29) is 5.82 Å². The van der Waals surface area contributed by atoms with E-state index in [0.717, 1.165) is 0 Å². The zero-order chi connectivity index (χ0) is 23.0. The average Bonchev–Trinajstić information content (AvgIpc) is 3.20. The number of methoxy groups -OCH3 is 3. The first-order chi connectivity index (χ1) is 15.4. The first-order valence-corrected chi connectivity index (χ1v) is 9.67. The maximum absolute atomic E-state index is 13.4. The lowest BCUT2D eigenvalue weighted by atomic mass is 9.94. The highest BCUT2D eigenvalue weighted by molar-refractivity contribution is 5.95. The van der Waals surface area contributed by atoms with Gasteiger partial charge in [0.05, 0.1) is 26.9 Å². The van der Waals surface area contributed by atoms with E-state index in [1.54, 1.807) is 35.9 Å². The molecule has 0 radical (unpaired) electrons. The Bertz CT molecular complexity index is 1190. The Labute approximate surface area is 183 Å². The second-order valence-corrected chi connectivity index (χ2v) is 7.10. The molecule has 10 heteroatoms. The predicted octanol–water partition coefficient (Wildman–Crippen LogP) is 2.88. The van der Waals surface area contributed by atoms with Gasteiger partial charge in [-0.1, -0.05) is 0 Å². The van der Waals surface area contributed by atoms with Gasteiger partial charge in [-0.25, -0.2) is 9.07 Å². The highest BCUT2D eigenvalue weighted by Gasteiger charge is 2.34. The Morgan fingerprint density at radius 2 is 1.72 bits per heavy atom. The normalized spacial score (nSPS) is 15.1. The third-order valence-electron chi connectivity index (χ3n) is 5.22. The lowest BCUT2D eigenvalue weighted by molar-refractivity contribution is -0.115. The Balaban J connectivity index is 1.92. The molecule has 9 nitrogen and oxygen atoms in total. The van der Waals surface area contributed by atoms with Crippen LogP contribution in [0.15, 0.2) is 47.7 Å². The van der Waals surface area contributed by atoms with Gasteiger partial charge in [0.15, 0.2) is 17.3 Å². The molecule has 3 aromatic rings. The van der Waals surface area contributed by atoms with Gasteiger partial charge in [-0.2, -0.15) is 4.98 Å². The number of primary amides is 1. The number of nitrogens with one attached hydrogen (secondary N) is 1. The Morgan fingerprint density at radius 3 is 2.25 bits per heavy atom. The highest BCUT2D eigenvalue weighted by atomic mass is 19.1. The van der Waals surface area contributed by atoms with Crippen molar-refractivity contribution in [1.82, 2.24) is 14.8 Å². The molecule has 1 amide bonds. The summed E-state index contributed by atoms with van der Waals surface area (Å²) in [6, 6.07) is 8.59. The zero-order valence-electron chi connectivity index (χ0n) is 18.0. The molecule has 32 heavy (non-hydrogen) atoms.